The number of aromatic nitrogens is 2. The van der Waals surface area contributed by atoms with Crippen molar-refractivity contribution in [1.29, 1.82) is 0 Å². The van der Waals surface area contributed by atoms with Crippen molar-refractivity contribution in [2.45, 2.75) is 25.1 Å². The van der Waals surface area contributed by atoms with Gasteiger partial charge in [-0.05, 0) is 12.8 Å². The van der Waals surface area contributed by atoms with Crippen molar-refractivity contribution < 1.29 is 27.7 Å². The molecular formula is C13H16F3N5O4. The summed E-state index contributed by atoms with van der Waals surface area (Å²) in [6.45, 7) is 0.343. The van der Waals surface area contributed by atoms with E-state index < -0.39 is 29.0 Å². The fraction of sp³-hybridized carbons (Fsp3) is 0.615. The minimum atomic E-state index is -5.04. The third-order valence-electron chi connectivity index (χ3n) is 4.09. The van der Waals surface area contributed by atoms with Crippen LogP contribution in [-0.4, -0.2) is 52.2 Å². The van der Waals surface area contributed by atoms with Crippen LogP contribution in [0, 0.1) is 16.0 Å². The maximum atomic E-state index is 12.4. The quantitative estimate of drug-likeness (QED) is 0.481. The van der Waals surface area contributed by atoms with E-state index in [1.54, 1.807) is 4.90 Å². The van der Waals surface area contributed by atoms with Gasteiger partial charge >= 0.3 is 17.8 Å². The first-order valence-corrected chi connectivity index (χ1v) is 7.39. The molecule has 0 saturated carbocycles. The molecule has 0 spiro atoms. The first kappa shape index (κ1) is 18.7. The van der Waals surface area contributed by atoms with Gasteiger partial charge in [0, 0.05) is 32.1 Å². The van der Waals surface area contributed by atoms with Crippen molar-refractivity contribution in [3.63, 3.8) is 0 Å². The monoisotopic (exact) mass is 363 g/mol. The highest BCUT2D eigenvalue weighted by molar-refractivity contribution is 5.82. The van der Waals surface area contributed by atoms with Gasteiger partial charge in [0.1, 0.15) is 12.5 Å². The second-order valence-electron chi connectivity index (χ2n) is 5.68. The van der Waals surface area contributed by atoms with Crippen LogP contribution in [0.25, 0.3) is 0 Å². The molecule has 1 amide bonds. The third kappa shape index (κ3) is 4.06. The predicted octanol–water partition coefficient (Wildman–Crippen LogP) is 0.791. The average molecular weight is 363 g/mol. The van der Waals surface area contributed by atoms with Gasteiger partial charge in [-0.1, -0.05) is 0 Å². The number of carbonyl (C=O) groups excluding carboxylic acids is 2. The van der Waals surface area contributed by atoms with E-state index in [0.717, 1.165) is 6.20 Å². The van der Waals surface area contributed by atoms with E-state index in [1.165, 1.54) is 11.7 Å². The van der Waals surface area contributed by atoms with E-state index in [9.17, 15) is 32.9 Å². The van der Waals surface area contributed by atoms with Crippen molar-refractivity contribution in [2.75, 3.05) is 18.0 Å². The zero-order chi connectivity index (χ0) is 18.8. The summed E-state index contributed by atoms with van der Waals surface area (Å²) in [7, 11) is 1.51. The smallest absolute Gasteiger partial charge is 0.351 e. The molecule has 1 fully saturated rings. The summed E-state index contributed by atoms with van der Waals surface area (Å²) in [6.07, 6.45) is -3.27. The molecule has 1 aliphatic heterocycles. The van der Waals surface area contributed by atoms with Gasteiger partial charge in [-0.3, -0.25) is 14.9 Å². The minimum absolute atomic E-state index is 0.0353. The van der Waals surface area contributed by atoms with Crippen LogP contribution in [0.1, 0.15) is 12.8 Å². The van der Waals surface area contributed by atoms with Crippen LogP contribution >= 0.6 is 0 Å². The lowest BCUT2D eigenvalue weighted by molar-refractivity contribution is -0.384. The SMILES string of the molecule is Cn1ncc([N+](=O)[O-])c1N1CCC(C=O)[C@H](NC(=O)C(F)(F)F)CC1. The molecule has 2 rings (SSSR count). The first-order chi connectivity index (χ1) is 11.6. The van der Waals surface area contributed by atoms with E-state index in [-0.39, 0.29) is 37.4 Å². The van der Waals surface area contributed by atoms with Gasteiger partial charge in [0.25, 0.3) is 0 Å². The van der Waals surface area contributed by atoms with Gasteiger partial charge in [0.05, 0.1) is 4.92 Å². The summed E-state index contributed by atoms with van der Waals surface area (Å²) in [5.74, 6) is -2.72. The summed E-state index contributed by atoms with van der Waals surface area (Å²) in [5.41, 5.74) is -0.233. The molecule has 138 valence electrons. The standard InChI is InChI=1S/C13H16F3N5O4/c1-19-11(10(6-17-19)21(24)25)20-4-2-8(7-22)9(3-5-20)18-12(23)13(14,15)16/h6-9H,2-5H2,1H3,(H,18,23)/t8?,9-/m1/s1. The van der Waals surface area contributed by atoms with Crippen molar-refractivity contribution in [1.82, 2.24) is 15.1 Å². The molecule has 1 aliphatic rings. The van der Waals surface area contributed by atoms with Crippen molar-refractivity contribution in [3.05, 3.63) is 16.3 Å². The van der Waals surface area contributed by atoms with E-state index in [2.05, 4.69) is 5.10 Å². The number of alkyl halides is 3. The third-order valence-corrected chi connectivity index (χ3v) is 4.09. The second kappa shape index (κ2) is 7.07. The Kier molecular flexibility index (Phi) is 5.28. The van der Waals surface area contributed by atoms with Crippen molar-refractivity contribution >= 4 is 23.7 Å². The van der Waals surface area contributed by atoms with Gasteiger partial charge in [0.15, 0.2) is 0 Å². The first-order valence-electron chi connectivity index (χ1n) is 7.39. The number of carbonyl (C=O) groups is 2. The topological polar surface area (TPSA) is 110 Å². The molecule has 1 saturated heterocycles. The Labute approximate surface area is 139 Å². The number of nitro groups is 1. The number of aryl methyl sites for hydroxylation is 1. The lowest BCUT2D eigenvalue weighted by Gasteiger charge is -2.22. The van der Waals surface area contributed by atoms with E-state index in [1.807, 2.05) is 5.32 Å². The van der Waals surface area contributed by atoms with Gasteiger partial charge in [-0.25, -0.2) is 4.68 Å². The molecule has 1 aromatic heterocycles. The number of rotatable bonds is 4. The van der Waals surface area contributed by atoms with E-state index in [4.69, 9.17) is 0 Å². The Morgan fingerprint density at radius 3 is 2.64 bits per heavy atom. The molecule has 0 aliphatic carbocycles. The number of halogens is 3. The van der Waals surface area contributed by atoms with E-state index in [0.29, 0.717) is 6.29 Å². The molecule has 12 heteroatoms. The molecule has 9 nitrogen and oxygen atoms in total. The van der Waals surface area contributed by atoms with Gasteiger partial charge in [-0.15, -0.1) is 0 Å². The molecular weight excluding hydrogens is 347 g/mol. The second-order valence-corrected chi connectivity index (χ2v) is 5.68. The number of aldehydes is 1. The maximum absolute atomic E-state index is 12.4. The minimum Gasteiger partial charge on any atom is -0.351 e. The van der Waals surface area contributed by atoms with Crippen LogP contribution in [0.4, 0.5) is 24.7 Å². The molecule has 0 aromatic carbocycles. The van der Waals surface area contributed by atoms with Gasteiger partial charge in [0.2, 0.25) is 5.82 Å². The van der Waals surface area contributed by atoms with Crippen LogP contribution in [-0.2, 0) is 16.6 Å². The number of hydrogen-bond acceptors (Lipinski definition) is 6. The fourth-order valence-electron chi connectivity index (χ4n) is 2.85. The molecule has 1 unspecified atom stereocenters. The number of hydrogen-bond donors (Lipinski definition) is 1. The molecule has 0 radical (unpaired) electrons. The maximum Gasteiger partial charge on any atom is 0.471 e. The highest BCUT2D eigenvalue weighted by Crippen LogP contribution is 2.30. The summed E-state index contributed by atoms with van der Waals surface area (Å²) < 4.78 is 38.6. The Hall–Kier alpha value is -2.66. The Bertz CT molecular complexity index is 675. The highest BCUT2D eigenvalue weighted by Gasteiger charge is 2.41. The molecule has 2 atom stereocenters. The van der Waals surface area contributed by atoms with Crippen molar-refractivity contribution in [3.8, 4) is 0 Å². The Balaban J connectivity index is 2.19. The molecule has 0 bridgehead atoms. The van der Waals surface area contributed by atoms with Gasteiger partial charge in [-0.2, -0.15) is 18.3 Å². The zero-order valence-corrected chi connectivity index (χ0v) is 13.2. The molecule has 25 heavy (non-hydrogen) atoms. The fourth-order valence-corrected chi connectivity index (χ4v) is 2.85. The van der Waals surface area contributed by atoms with Crippen LogP contribution in [0.15, 0.2) is 6.20 Å². The van der Waals surface area contributed by atoms with Crippen LogP contribution in [0.2, 0.25) is 0 Å². The largest absolute Gasteiger partial charge is 0.471 e. The predicted molar refractivity (Wildman–Crippen MR) is 78.8 cm³/mol. The van der Waals surface area contributed by atoms with Crippen LogP contribution in [0.3, 0.4) is 0 Å². The number of nitrogens with zero attached hydrogens (tertiary/aromatic N) is 4. The molecule has 2 heterocycles. The number of anilines is 1. The zero-order valence-electron chi connectivity index (χ0n) is 13.2. The van der Waals surface area contributed by atoms with Crippen LogP contribution in [0.5, 0.6) is 0 Å². The summed E-state index contributed by atoms with van der Waals surface area (Å²) >= 11 is 0. The summed E-state index contributed by atoms with van der Waals surface area (Å²) in [4.78, 5) is 34.4. The lowest BCUT2D eigenvalue weighted by atomic mass is 9.96. The summed E-state index contributed by atoms with van der Waals surface area (Å²) in [6, 6.07) is -0.996. The van der Waals surface area contributed by atoms with Gasteiger partial charge < -0.3 is 15.0 Å². The molecule has 1 aromatic rings. The lowest BCUT2D eigenvalue weighted by Crippen LogP contribution is -2.47. The Morgan fingerprint density at radius 2 is 2.08 bits per heavy atom. The van der Waals surface area contributed by atoms with Crippen molar-refractivity contribution in [2.24, 2.45) is 13.0 Å². The average Bonchev–Trinajstić information content (AvgIpc) is 2.79. The van der Waals surface area contributed by atoms with E-state index >= 15 is 0 Å². The highest BCUT2D eigenvalue weighted by atomic mass is 19.4. The normalized spacial score (nSPS) is 21.5. The Morgan fingerprint density at radius 1 is 1.44 bits per heavy atom. The summed E-state index contributed by atoms with van der Waals surface area (Å²) in [5, 5.41) is 16.8. The number of amides is 1. The van der Waals surface area contributed by atoms with Crippen LogP contribution < -0.4 is 10.2 Å². The molecule has 1 N–H and O–H groups in total. The number of nitrogens with one attached hydrogen (secondary N) is 1.